The van der Waals surface area contributed by atoms with Gasteiger partial charge < -0.3 is 0 Å². The average molecular weight is 321 g/mol. The molecule has 7 heteroatoms. The highest BCUT2D eigenvalue weighted by Crippen LogP contribution is 2.31. The molecule has 0 fully saturated rings. The molecule has 0 spiro atoms. The Bertz CT molecular complexity index is 824. The van der Waals surface area contributed by atoms with Crippen molar-refractivity contribution in [2.75, 3.05) is 5.32 Å². The van der Waals surface area contributed by atoms with E-state index < -0.39 is 0 Å². The van der Waals surface area contributed by atoms with Gasteiger partial charge in [0, 0.05) is 17.8 Å². The Morgan fingerprint density at radius 2 is 2.29 bits per heavy atom. The third-order valence-electron chi connectivity index (χ3n) is 3.07. The van der Waals surface area contributed by atoms with Crippen LogP contribution in [0.15, 0.2) is 24.4 Å². The number of carbonyl (C=O) groups is 1. The lowest BCUT2D eigenvalue weighted by Crippen LogP contribution is -2.13. The van der Waals surface area contributed by atoms with Crippen LogP contribution in [-0.4, -0.2) is 20.7 Å². The summed E-state index contributed by atoms with van der Waals surface area (Å²) in [6, 6.07) is 5.40. The Labute approximate surface area is 130 Å². The van der Waals surface area contributed by atoms with Gasteiger partial charge in [0.05, 0.1) is 10.2 Å². The third kappa shape index (κ3) is 2.77. The van der Waals surface area contributed by atoms with Crippen molar-refractivity contribution < 1.29 is 4.79 Å². The molecule has 0 aliphatic rings. The molecule has 0 bridgehead atoms. The van der Waals surface area contributed by atoms with E-state index in [1.807, 2.05) is 26.0 Å². The van der Waals surface area contributed by atoms with Gasteiger partial charge in [-0.3, -0.25) is 14.8 Å². The zero-order chi connectivity index (χ0) is 15.0. The number of aryl methyl sites for hydroxylation is 2. The quantitative estimate of drug-likeness (QED) is 0.800. The minimum Gasteiger partial charge on any atom is -0.296 e. The van der Waals surface area contributed by atoms with Crippen LogP contribution >= 0.6 is 22.9 Å². The molecule has 3 rings (SSSR count). The van der Waals surface area contributed by atoms with Crippen molar-refractivity contribution >= 4 is 44.2 Å². The van der Waals surface area contributed by atoms with Gasteiger partial charge in [0.25, 0.3) is 5.91 Å². The Morgan fingerprint density at radius 1 is 1.48 bits per heavy atom. The second-order valence-electron chi connectivity index (χ2n) is 4.60. The minimum atomic E-state index is -0.259. The molecular weight excluding hydrogens is 308 g/mol. The molecule has 2 aromatic heterocycles. The number of rotatable bonds is 3. The summed E-state index contributed by atoms with van der Waals surface area (Å²) in [7, 11) is 0. The number of anilines is 1. The summed E-state index contributed by atoms with van der Waals surface area (Å²) in [5.74, 6) is -0.259. The van der Waals surface area contributed by atoms with Crippen LogP contribution in [0.1, 0.15) is 23.0 Å². The monoisotopic (exact) mass is 320 g/mol. The fraction of sp³-hybridized carbons (Fsp3) is 0.214. The molecule has 0 aliphatic carbocycles. The average Bonchev–Trinajstić information content (AvgIpc) is 3.04. The fourth-order valence-electron chi connectivity index (χ4n) is 2.03. The first-order chi connectivity index (χ1) is 10.1. The van der Waals surface area contributed by atoms with Crippen molar-refractivity contribution in [1.29, 1.82) is 0 Å². The number of amides is 1. The molecular formula is C14H13ClN4OS. The first kappa shape index (κ1) is 14.0. The number of hydrogen-bond donors (Lipinski definition) is 1. The number of aromatic nitrogens is 3. The van der Waals surface area contributed by atoms with Gasteiger partial charge in [-0.1, -0.05) is 22.9 Å². The second-order valence-corrected chi connectivity index (χ2v) is 6.07. The van der Waals surface area contributed by atoms with Crippen LogP contribution in [0, 0.1) is 6.92 Å². The highest BCUT2D eigenvalue weighted by atomic mass is 35.5. The molecule has 3 aromatic rings. The normalized spacial score (nSPS) is 11.0. The molecule has 21 heavy (non-hydrogen) atoms. The molecule has 0 saturated carbocycles. The Kier molecular flexibility index (Phi) is 3.65. The van der Waals surface area contributed by atoms with E-state index in [0.717, 1.165) is 22.3 Å². The number of carbonyl (C=O) groups excluding carboxylic acids is 1. The van der Waals surface area contributed by atoms with E-state index in [1.54, 1.807) is 16.9 Å². The summed E-state index contributed by atoms with van der Waals surface area (Å²) >= 11 is 7.43. The van der Waals surface area contributed by atoms with Crippen molar-refractivity contribution in [1.82, 2.24) is 14.8 Å². The second kappa shape index (κ2) is 5.46. The summed E-state index contributed by atoms with van der Waals surface area (Å²) in [5.41, 5.74) is 2.23. The molecule has 1 aromatic carbocycles. The lowest BCUT2D eigenvalue weighted by molar-refractivity contribution is 0.102. The van der Waals surface area contributed by atoms with Crippen molar-refractivity contribution in [3.63, 3.8) is 0 Å². The fourth-order valence-corrected chi connectivity index (χ4v) is 3.34. The van der Waals surface area contributed by atoms with E-state index in [-0.39, 0.29) is 5.91 Å². The lowest BCUT2D eigenvalue weighted by Gasteiger charge is -1.97. The van der Waals surface area contributed by atoms with Crippen LogP contribution in [0.3, 0.4) is 0 Å². The smallest absolute Gasteiger partial charge is 0.277 e. The highest BCUT2D eigenvalue weighted by Gasteiger charge is 2.13. The molecule has 0 aliphatic heterocycles. The zero-order valence-electron chi connectivity index (χ0n) is 11.6. The number of benzene rings is 1. The predicted molar refractivity (Wildman–Crippen MR) is 85.2 cm³/mol. The maximum absolute atomic E-state index is 12.1. The number of thiazole rings is 1. The molecule has 1 amide bonds. The number of fused-ring (bicyclic) bond motifs is 1. The van der Waals surface area contributed by atoms with Crippen LogP contribution < -0.4 is 5.32 Å². The minimum absolute atomic E-state index is 0.259. The Hall–Kier alpha value is -1.92. The van der Waals surface area contributed by atoms with Gasteiger partial charge in [0.15, 0.2) is 10.8 Å². The largest absolute Gasteiger partial charge is 0.296 e. The molecule has 0 saturated heterocycles. The highest BCUT2D eigenvalue weighted by molar-refractivity contribution is 7.22. The lowest BCUT2D eigenvalue weighted by atomic mass is 10.2. The summed E-state index contributed by atoms with van der Waals surface area (Å²) < 4.78 is 2.66. The number of nitrogens with one attached hydrogen (secondary N) is 1. The first-order valence-electron chi connectivity index (χ1n) is 6.48. The van der Waals surface area contributed by atoms with Crippen LogP contribution in [0.25, 0.3) is 10.2 Å². The molecule has 108 valence electrons. The van der Waals surface area contributed by atoms with Crippen molar-refractivity contribution in [2.45, 2.75) is 20.4 Å². The summed E-state index contributed by atoms with van der Waals surface area (Å²) in [6.07, 6.45) is 1.77. The molecule has 0 radical (unpaired) electrons. The summed E-state index contributed by atoms with van der Waals surface area (Å²) in [5, 5.41) is 8.17. The van der Waals surface area contributed by atoms with Gasteiger partial charge in [-0.2, -0.15) is 5.10 Å². The number of nitrogens with zero attached hydrogens (tertiary/aromatic N) is 3. The summed E-state index contributed by atoms with van der Waals surface area (Å²) in [6.45, 7) is 4.64. The first-order valence-corrected chi connectivity index (χ1v) is 7.67. The maximum atomic E-state index is 12.1. The zero-order valence-corrected chi connectivity index (χ0v) is 13.1. The molecule has 1 N–H and O–H groups in total. The summed E-state index contributed by atoms with van der Waals surface area (Å²) in [4.78, 5) is 16.6. The van der Waals surface area contributed by atoms with Crippen LogP contribution in [0.5, 0.6) is 0 Å². The van der Waals surface area contributed by atoms with E-state index in [4.69, 9.17) is 11.6 Å². The van der Waals surface area contributed by atoms with E-state index >= 15 is 0 Å². The van der Waals surface area contributed by atoms with Gasteiger partial charge in [-0.15, -0.1) is 0 Å². The van der Waals surface area contributed by atoms with E-state index in [0.29, 0.717) is 15.8 Å². The molecule has 2 heterocycles. The number of halogens is 1. The van der Waals surface area contributed by atoms with Gasteiger partial charge in [-0.05, 0) is 37.6 Å². The number of hydrogen-bond acceptors (Lipinski definition) is 4. The topological polar surface area (TPSA) is 59.8 Å². The van der Waals surface area contributed by atoms with Crippen LogP contribution in [-0.2, 0) is 6.54 Å². The van der Waals surface area contributed by atoms with Gasteiger partial charge in [-0.25, -0.2) is 4.98 Å². The van der Waals surface area contributed by atoms with Gasteiger partial charge in [0.1, 0.15) is 0 Å². The third-order valence-corrected chi connectivity index (χ3v) is 4.20. The molecule has 0 unspecified atom stereocenters. The van der Waals surface area contributed by atoms with Gasteiger partial charge in [0.2, 0.25) is 0 Å². The van der Waals surface area contributed by atoms with Crippen molar-refractivity contribution in [2.24, 2.45) is 0 Å². The Balaban J connectivity index is 1.87. The van der Waals surface area contributed by atoms with Crippen LogP contribution in [0.4, 0.5) is 5.13 Å². The SMILES string of the molecule is CCn1ccc(C(=O)Nc2nc3c(C)cc(Cl)cc3s2)n1. The van der Waals surface area contributed by atoms with E-state index in [2.05, 4.69) is 15.4 Å². The molecule has 5 nitrogen and oxygen atoms in total. The standard InChI is InChI=1S/C14H13ClN4OS/c1-3-19-5-4-10(18-19)13(20)17-14-16-12-8(2)6-9(15)7-11(12)21-14/h4-7H,3H2,1-2H3,(H,16,17,20). The Morgan fingerprint density at radius 3 is 3.00 bits per heavy atom. The van der Waals surface area contributed by atoms with E-state index in [9.17, 15) is 4.79 Å². The molecule has 0 atom stereocenters. The van der Waals surface area contributed by atoms with Gasteiger partial charge >= 0.3 is 0 Å². The van der Waals surface area contributed by atoms with Crippen LogP contribution in [0.2, 0.25) is 5.02 Å². The van der Waals surface area contributed by atoms with Crippen molar-refractivity contribution in [3.8, 4) is 0 Å². The predicted octanol–water partition coefficient (Wildman–Crippen LogP) is 3.73. The van der Waals surface area contributed by atoms with E-state index in [1.165, 1.54) is 11.3 Å². The maximum Gasteiger partial charge on any atom is 0.277 e. The van der Waals surface area contributed by atoms with Crippen molar-refractivity contribution in [3.05, 3.63) is 40.7 Å².